The van der Waals surface area contributed by atoms with E-state index in [1.807, 2.05) is 17.6 Å². The molecule has 12 nitrogen and oxygen atoms in total. The van der Waals surface area contributed by atoms with Crippen molar-refractivity contribution >= 4 is 12.2 Å². The van der Waals surface area contributed by atoms with Crippen LogP contribution in [0, 0.1) is 42.1 Å². The molecule has 6 rings (SSSR count). The summed E-state index contributed by atoms with van der Waals surface area (Å²) in [7, 11) is 0. The second-order valence-electron chi connectivity index (χ2n) is 16.9. The fraction of sp³-hybridized carbons (Fsp3) is 0.825. The van der Waals surface area contributed by atoms with Crippen LogP contribution in [0.25, 0.3) is 0 Å². The number of carbonyl (C=O) groups excluding carboxylic acids is 1. The van der Waals surface area contributed by atoms with Crippen LogP contribution in [0.5, 0.6) is 0 Å². The minimum absolute atomic E-state index is 0.0256. The van der Waals surface area contributed by atoms with E-state index in [1.54, 1.807) is 6.54 Å². The average molecular weight is 733 g/mol. The van der Waals surface area contributed by atoms with Gasteiger partial charge in [0.15, 0.2) is 30.8 Å². The molecule has 292 valence electrons. The van der Waals surface area contributed by atoms with E-state index >= 15 is 0 Å². The maximum absolute atomic E-state index is 12.1. The molecule has 3 aliphatic carbocycles. The monoisotopic (exact) mass is 732 g/mol. The van der Waals surface area contributed by atoms with Crippen molar-refractivity contribution in [2.75, 3.05) is 19.7 Å². The third-order valence-corrected chi connectivity index (χ3v) is 13.4. The lowest BCUT2D eigenvalue weighted by Crippen LogP contribution is -2.93. The molecule has 52 heavy (non-hydrogen) atoms. The van der Waals surface area contributed by atoms with Gasteiger partial charge >= 0.3 is 0 Å². The zero-order chi connectivity index (χ0) is 36.8. The number of rotatable bonds is 14. The van der Waals surface area contributed by atoms with Gasteiger partial charge in [-0.15, -0.1) is 4.99 Å². The van der Waals surface area contributed by atoms with E-state index in [2.05, 4.69) is 24.1 Å². The van der Waals surface area contributed by atoms with E-state index in [1.165, 1.54) is 32.1 Å². The molecule has 0 aromatic rings. The molecule has 3 heterocycles. The van der Waals surface area contributed by atoms with Crippen molar-refractivity contribution in [3.05, 3.63) is 30.3 Å². The number of fused-ring (bicyclic) bond motifs is 1. The zero-order valence-electron chi connectivity index (χ0n) is 30.8. The molecule has 3 saturated carbocycles. The number of carboxylic acids is 1. The summed E-state index contributed by atoms with van der Waals surface area (Å²) in [6, 6.07) is 0. The van der Waals surface area contributed by atoms with Crippen molar-refractivity contribution in [2.24, 2.45) is 40.5 Å². The van der Waals surface area contributed by atoms with E-state index in [-0.39, 0.29) is 36.5 Å². The molecule has 0 bridgehead atoms. The number of aliphatic carboxylic acids is 1. The van der Waals surface area contributed by atoms with Crippen LogP contribution in [0.1, 0.15) is 96.8 Å². The van der Waals surface area contributed by atoms with Crippen molar-refractivity contribution in [1.29, 1.82) is 0 Å². The number of allylic oxidation sites excluding steroid dienone is 3. The quantitative estimate of drug-likeness (QED) is 0.0833. The van der Waals surface area contributed by atoms with Crippen LogP contribution in [-0.2, 0) is 14.3 Å². The van der Waals surface area contributed by atoms with Gasteiger partial charge < -0.3 is 55.0 Å². The number of hydrogen-bond acceptors (Lipinski definition) is 10. The Hall–Kier alpha value is -1.87. The Kier molecular flexibility index (Phi) is 13.9. The summed E-state index contributed by atoms with van der Waals surface area (Å²) in [5.41, 5.74) is -0.981. The SMILES string of the molecule is C[C@H](CC=CC1CCCCC1)[C@H](C[NH2+]C[C@@]1(O)[C@H](OC2CCC3C(C2)[OH+]CC(C2CCC(O)CC2)C3O)O[C@H](C(=O)[O-])[C@@H](O)[C@@H]1O)CC1=C[CH+]N=C1. The first kappa shape index (κ1) is 39.8. The van der Waals surface area contributed by atoms with Crippen molar-refractivity contribution in [2.45, 2.75) is 151 Å². The lowest BCUT2D eigenvalue weighted by molar-refractivity contribution is -0.680. The second-order valence-corrected chi connectivity index (χ2v) is 16.9. The molecule has 5 unspecified atom stereocenters. The molecule has 0 radical (unpaired) electrons. The van der Waals surface area contributed by atoms with E-state index in [0.717, 1.165) is 44.1 Å². The van der Waals surface area contributed by atoms with Gasteiger partial charge in [0.2, 0.25) is 0 Å². The molecule has 3 aliphatic heterocycles. The van der Waals surface area contributed by atoms with Gasteiger partial charge in [0.1, 0.15) is 37.0 Å². The number of quaternary nitrogens is 1. The van der Waals surface area contributed by atoms with Crippen LogP contribution < -0.4 is 10.4 Å². The minimum atomic E-state index is -2.11. The number of aliphatic imine (C=N–C) groups is 1. The molecular formula is C40H64N2O10+2. The Morgan fingerprint density at radius 3 is 2.58 bits per heavy atom. The number of carboxylic acid groups (broad SMARTS) is 1. The third kappa shape index (κ3) is 9.49. The summed E-state index contributed by atoms with van der Waals surface area (Å²) in [6.07, 6.45) is 13.1. The van der Waals surface area contributed by atoms with Gasteiger partial charge in [0, 0.05) is 18.8 Å². The Morgan fingerprint density at radius 1 is 1.10 bits per heavy atom. The number of carbonyl (C=O) groups is 1. The highest BCUT2D eigenvalue weighted by Gasteiger charge is 2.59. The van der Waals surface area contributed by atoms with E-state index < -0.39 is 48.4 Å². The molecule has 0 amide bonds. The molecular weight excluding hydrogens is 668 g/mol. The molecule has 0 spiro atoms. The minimum Gasteiger partial charge on any atom is -0.547 e. The first-order valence-corrected chi connectivity index (χ1v) is 20.2. The normalized spacial score (nSPS) is 41.3. The van der Waals surface area contributed by atoms with Crippen molar-refractivity contribution in [3.63, 3.8) is 0 Å². The van der Waals surface area contributed by atoms with Gasteiger partial charge in [-0.2, -0.15) is 0 Å². The zero-order valence-corrected chi connectivity index (χ0v) is 30.8. The van der Waals surface area contributed by atoms with Gasteiger partial charge in [-0.1, -0.05) is 38.3 Å². The average Bonchev–Trinajstić information content (AvgIpc) is 3.66. The van der Waals surface area contributed by atoms with Crippen LogP contribution in [0.15, 0.2) is 28.8 Å². The maximum Gasteiger partial charge on any atom is 0.195 e. The van der Waals surface area contributed by atoms with E-state index in [9.17, 15) is 35.4 Å². The molecule has 0 aromatic carbocycles. The Morgan fingerprint density at radius 2 is 1.87 bits per heavy atom. The molecule has 8 N–H and O–H groups in total. The number of aliphatic hydroxyl groups excluding tert-OH is 4. The van der Waals surface area contributed by atoms with Gasteiger partial charge in [-0.05, 0) is 75.5 Å². The summed E-state index contributed by atoms with van der Waals surface area (Å²) in [5.74, 6) is -0.117. The number of hydrogen-bond donors (Lipinski definition) is 6. The summed E-state index contributed by atoms with van der Waals surface area (Å²) in [5, 5.41) is 69.4. The molecule has 12 atom stereocenters. The van der Waals surface area contributed by atoms with Crippen LogP contribution in [0.2, 0.25) is 0 Å². The fourth-order valence-corrected chi connectivity index (χ4v) is 9.97. The van der Waals surface area contributed by atoms with Crippen molar-refractivity contribution in [1.82, 2.24) is 0 Å². The summed E-state index contributed by atoms with van der Waals surface area (Å²) in [6.45, 7) is 5.09. The molecule has 5 fully saturated rings. The molecule has 0 aromatic heterocycles. The van der Waals surface area contributed by atoms with E-state index in [4.69, 9.17) is 14.2 Å². The van der Waals surface area contributed by atoms with Gasteiger partial charge in [0.25, 0.3) is 0 Å². The smallest absolute Gasteiger partial charge is 0.195 e. The standard InChI is InChI=1S/C40H62N2O10/c1-24(6-5-9-25-7-3-2-4-8-25)28(18-26-16-17-41-20-26)21-42-23-40(49)37(46)35(45)36(38(47)48)52-39(40)51-30-14-15-31-33(19-30)50-22-32(34(31)44)27-10-12-29(43)13-11-27/h5,9,16-17,20,24-25,27-37,39,42-46,49H,2-4,6-8,10-15,18-19,21-23H2,1H3/p+2/t24-,27?,28+,29?,30?,31?,32?,33?,34?,35-,36+,37+,39-,40+/m1/s1. The first-order chi connectivity index (χ1) is 25.0. The summed E-state index contributed by atoms with van der Waals surface area (Å²) >= 11 is 0. The van der Waals surface area contributed by atoms with E-state index in [0.29, 0.717) is 50.2 Å². The van der Waals surface area contributed by atoms with Crippen molar-refractivity contribution in [3.8, 4) is 0 Å². The lowest BCUT2D eigenvalue weighted by Gasteiger charge is -2.49. The number of nitrogens with two attached hydrogens (primary N) is 1. The number of nitrogens with zero attached hydrogens (tertiary/aromatic N) is 1. The largest absolute Gasteiger partial charge is 0.547 e. The van der Waals surface area contributed by atoms with Crippen LogP contribution in [0.4, 0.5) is 0 Å². The topological polar surface area (TPSA) is 202 Å². The Balaban J connectivity index is 1.09. The van der Waals surface area contributed by atoms with Crippen LogP contribution in [0.3, 0.4) is 0 Å². The highest BCUT2D eigenvalue weighted by atomic mass is 16.7. The van der Waals surface area contributed by atoms with Gasteiger partial charge in [-0.25, -0.2) is 0 Å². The third-order valence-electron chi connectivity index (χ3n) is 13.4. The number of ether oxygens (including phenoxy) is 3. The Labute approximate surface area is 308 Å². The molecule has 12 heteroatoms. The number of aliphatic hydroxyl groups is 7. The Bertz CT molecular complexity index is 1250. The molecule has 6 aliphatic rings. The summed E-state index contributed by atoms with van der Waals surface area (Å²) in [4.78, 5) is 16.2. The first-order valence-electron chi connectivity index (χ1n) is 20.2. The fourth-order valence-electron chi connectivity index (χ4n) is 9.97. The van der Waals surface area contributed by atoms with Crippen LogP contribution in [-0.4, -0.2) is 117 Å². The van der Waals surface area contributed by atoms with Gasteiger partial charge in [-0.3, -0.25) is 0 Å². The molecule has 2 saturated heterocycles. The predicted octanol–water partition coefficient (Wildman–Crippen LogP) is 0.443. The summed E-state index contributed by atoms with van der Waals surface area (Å²) < 4.78 is 17.1. The van der Waals surface area contributed by atoms with Crippen LogP contribution >= 0.6 is 0 Å². The lowest BCUT2D eigenvalue weighted by atomic mass is 9.69. The second kappa shape index (κ2) is 18.2. The van der Waals surface area contributed by atoms with Crippen molar-refractivity contribution < 1.29 is 55.0 Å². The maximum atomic E-state index is 12.1. The van der Waals surface area contributed by atoms with Gasteiger partial charge in [0.05, 0.1) is 48.7 Å². The highest BCUT2D eigenvalue weighted by Crippen LogP contribution is 2.43. The highest BCUT2D eigenvalue weighted by molar-refractivity contribution is 5.81. The predicted molar refractivity (Wildman–Crippen MR) is 191 cm³/mol.